The van der Waals surface area contributed by atoms with E-state index in [1.54, 1.807) is 17.5 Å². The molecule has 0 saturated carbocycles. The summed E-state index contributed by atoms with van der Waals surface area (Å²) in [7, 11) is 0. The standard InChI is InChI=1S/C17H23N5OS/c1-14-20-16(13-24-14)12-21-8-10-22(11-9-21)17(23)19-7-5-15-4-2-3-6-18-15/h2-4,6,13H,5,7-12H2,1H3,(H,19,23). The Hall–Kier alpha value is -1.99. The fourth-order valence-electron chi connectivity index (χ4n) is 2.77. The van der Waals surface area contributed by atoms with Gasteiger partial charge in [-0.15, -0.1) is 11.3 Å². The van der Waals surface area contributed by atoms with Crippen LogP contribution in [0.1, 0.15) is 16.4 Å². The number of aromatic nitrogens is 2. The van der Waals surface area contributed by atoms with Gasteiger partial charge in [0.05, 0.1) is 10.7 Å². The van der Waals surface area contributed by atoms with Crippen LogP contribution in [0.5, 0.6) is 0 Å². The second-order valence-corrected chi connectivity index (χ2v) is 6.99. The lowest BCUT2D eigenvalue weighted by Crippen LogP contribution is -2.51. The fourth-order valence-corrected chi connectivity index (χ4v) is 3.38. The number of thiazole rings is 1. The third-order valence-corrected chi connectivity index (χ3v) is 4.92. The Morgan fingerprint density at radius 2 is 2.08 bits per heavy atom. The summed E-state index contributed by atoms with van der Waals surface area (Å²) < 4.78 is 0. The summed E-state index contributed by atoms with van der Waals surface area (Å²) in [5.74, 6) is 0. The highest BCUT2D eigenvalue weighted by molar-refractivity contribution is 7.09. The van der Waals surface area contributed by atoms with E-state index in [4.69, 9.17) is 0 Å². The average molecular weight is 345 g/mol. The molecule has 128 valence electrons. The fraction of sp³-hybridized carbons (Fsp3) is 0.471. The summed E-state index contributed by atoms with van der Waals surface area (Å²) in [6, 6.07) is 5.86. The highest BCUT2D eigenvalue weighted by atomic mass is 32.1. The number of rotatable bonds is 5. The van der Waals surface area contributed by atoms with E-state index >= 15 is 0 Å². The maximum atomic E-state index is 12.2. The van der Waals surface area contributed by atoms with E-state index in [0.717, 1.165) is 55.5 Å². The molecule has 6 nitrogen and oxygen atoms in total. The summed E-state index contributed by atoms with van der Waals surface area (Å²) >= 11 is 1.69. The van der Waals surface area contributed by atoms with Gasteiger partial charge in [0.1, 0.15) is 0 Å². The Balaban J connectivity index is 1.37. The van der Waals surface area contributed by atoms with Crippen LogP contribution in [0, 0.1) is 6.92 Å². The number of pyridine rings is 1. The van der Waals surface area contributed by atoms with Crippen LogP contribution >= 0.6 is 11.3 Å². The Morgan fingerprint density at radius 1 is 1.25 bits per heavy atom. The van der Waals surface area contributed by atoms with Gasteiger partial charge in [0, 0.05) is 63.0 Å². The molecule has 1 saturated heterocycles. The summed E-state index contributed by atoms with van der Waals surface area (Å²) in [4.78, 5) is 25.2. The molecule has 3 rings (SSSR count). The Morgan fingerprint density at radius 3 is 2.75 bits per heavy atom. The van der Waals surface area contributed by atoms with Crippen molar-refractivity contribution >= 4 is 17.4 Å². The highest BCUT2D eigenvalue weighted by Crippen LogP contribution is 2.12. The van der Waals surface area contributed by atoms with Crippen LogP contribution in [0.25, 0.3) is 0 Å². The first-order valence-corrected chi connectivity index (χ1v) is 9.15. The molecule has 0 bridgehead atoms. The monoisotopic (exact) mass is 345 g/mol. The minimum absolute atomic E-state index is 0.0232. The number of nitrogens with zero attached hydrogens (tertiary/aromatic N) is 4. The zero-order valence-electron chi connectivity index (χ0n) is 13.9. The molecule has 2 aromatic heterocycles. The Labute approximate surface area is 146 Å². The molecule has 1 fully saturated rings. The first kappa shape index (κ1) is 16.9. The third-order valence-electron chi connectivity index (χ3n) is 4.10. The molecule has 24 heavy (non-hydrogen) atoms. The largest absolute Gasteiger partial charge is 0.338 e. The summed E-state index contributed by atoms with van der Waals surface area (Å²) in [5.41, 5.74) is 2.13. The Bertz CT molecular complexity index is 652. The summed E-state index contributed by atoms with van der Waals surface area (Å²) in [6.45, 7) is 6.83. The van der Waals surface area contributed by atoms with Gasteiger partial charge >= 0.3 is 6.03 Å². The number of amides is 2. The van der Waals surface area contributed by atoms with Gasteiger partial charge in [-0.3, -0.25) is 9.88 Å². The van der Waals surface area contributed by atoms with Gasteiger partial charge in [0.15, 0.2) is 0 Å². The molecule has 0 aromatic carbocycles. The van der Waals surface area contributed by atoms with Crippen molar-refractivity contribution in [3.05, 3.63) is 46.2 Å². The number of carbonyl (C=O) groups is 1. The maximum absolute atomic E-state index is 12.2. The van der Waals surface area contributed by atoms with Gasteiger partial charge in [-0.2, -0.15) is 0 Å². The zero-order valence-corrected chi connectivity index (χ0v) is 14.8. The number of urea groups is 1. The predicted molar refractivity (Wildman–Crippen MR) is 95.0 cm³/mol. The van der Waals surface area contributed by atoms with Gasteiger partial charge < -0.3 is 10.2 Å². The van der Waals surface area contributed by atoms with Crippen molar-refractivity contribution in [2.45, 2.75) is 19.9 Å². The van der Waals surface area contributed by atoms with E-state index in [1.807, 2.05) is 30.0 Å². The SMILES string of the molecule is Cc1nc(CN2CCN(C(=O)NCCc3ccccn3)CC2)cs1. The van der Waals surface area contributed by atoms with E-state index in [9.17, 15) is 4.79 Å². The maximum Gasteiger partial charge on any atom is 0.317 e. The summed E-state index contributed by atoms with van der Waals surface area (Å²) in [6.07, 6.45) is 2.54. The van der Waals surface area contributed by atoms with E-state index in [0.29, 0.717) is 6.54 Å². The van der Waals surface area contributed by atoms with Crippen LogP contribution in [0.4, 0.5) is 4.79 Å². The second-order valence-electron chi connectivity index (χ2n) is 5.92. The van der Waals surface area contributed by atoms with Crippen molar-refractivity contribution in [3.63, 3.8) is 0 Å². The number of nitrogens with one attached hydrogen (secondary N) is 1. The van der Waals surface area contributed by atoms with Crippen molar-refractivity contribution in [2.75, 3.05) is 32.7 Å². The van der Waals surface area contributed by atoms with Gasteiger partial charge in [-0.1, -0.05) is 6.07 Å². The van der Waals surface area contributed by atoms with Gasteiger partial charge in [-0.25, -0.2) is 9.78 Å². The minimum Gasteiger partial charge on any atom is -0.338 e. The van der Waals surface area contributed by atoms with E-state index in [2.05, 4.69) is 25.6 Å². The van der Waals surface area contributed by atoms with Gasteiger partial charge in [0.2, 0.25) is 0 Å². The minimum atomic E-state index is 0.0232. The highest BCUT2D eigenvalue weighted by Gasteiger charge is 2.21. The third kappa shape index (κ3) is 4.75. The van der Waals surface area contributed by atoms with Crippen molar-refractivity contribution in [3.8, 4) is 0 Å². The molecule has 0 radical (unpaired) electrons. The molecule has 0 spiro atoms. The normalized spacial score (nSPS) is 15.5. The zero-order chi connectivity index (χ0) is 16.8. The van der Waals surface area contributed by atoms with E-state index in [1.165, 1.54) is 0 Å². The van der Waals surface area contributed by atoms with Crippen molar-refractivity contribution in [2.24, 2.45) is 0 Å². The van der Waals surface area contributed by atoms with Crippen molar-refractivity contribution in [1.82, 2.24) is 25.1 Å². The molecule has 1 aliphatic rings. The lowest BCUT2D eigenvalue weighted by atomic mass is 10.2. The Kier molecular flexibility index (Phi) is 5.77. The number of carbonyl (C=O) groups excluding carboxylic acids is 1. The quantitative estimate of drug-likeness (QED) is 0.899. The van der Waals surface area contributed by atoms with Gasteiger partial charge in [-0.05, 0) is 19.1 Å². The topological polar surface area (TPSA) is 61.4 Å². The molecule has 3 heterocycles. The molecule has 0 aliphatic carbocycles. The average Bonchev–Trinajstić information content (AvgIpc) is 3.01. The number of piperazine rings is 1. The van der Waals surface area contributed by atoms with Gasteiger partial charge in [0.25, 0.3) is 0 Å². The van der Waals surface area contributed by atoms with Crippen LogP contribution < -0.4 is 5.32 Å². The molecule has 1 aliphatic heterocycles. The van der Waals surface area contributed by atoms with Crippen LogP contribution in [-0.4, -0.2) is 58.5 Å². The van der Waals surface area contributed by atoms with E-state index in [-0.39, 0.29) is 6.03 Å². The first-order valence-electron chi connectivity index (χ1n) is 8.27. The lowest BCUT2D eigenvalue weighted by molar-refractivity contribution is 0.134. The number of aryl methyl sites for hydroxylation is 1. The smallest absolute Gasteiger partial charge is 0.317 e. The summed E-state index contributed by atoms with van der Waals surface area (Å²) in [5, 5.41) is 6.21. The van der Waals surface area contributed by atoms with Crippen LogP contribution in [0.2, 0.25) is 0 Å². The second kappa shape index (κ2) is 8.21. The molecule has 2 amide bonds. The predicted octanol–water partition coefficient (Wildman–Crippen LogP) is 1.92. The molecule has 2 aromatic rings. The van der Waals surface area contributed by atoms with Crippen LogP contribution in [0.3, 0.4) is 0 Å². The first-order chi connectivity index (χ1) is 11.7. The molecular weight excluding hydrogens is 322 g/mol. The molecule has 0 atom stereocenters. The molecule has 0 unspecified atom stereocenters. The van der Waals surface area contributed by atoms with Crippen molar-refractivity contribution in [1.29, 1.82) is 0 Å². The molecule has 1 N–H and O–H groups in total. The number of hydrogen-bond donors (Lipinski definition) is 1. The lowest BCUT2D eigenvalue weighted by Gasteiger charge is -2.34. The number of hydrogen-bond acceptors (Lipinski definition) is 5. The molecule has 7 heteroatoms. The van der Waals surface area contributed by atoms with Crippen LogP contribution in [-0.2, 0) is 13.0 Å². The molecular formula is C17H23N5OS. The van der Waals surface area contributed by atoms with Crippen molar-refractivity contribution < 1.29 is 4.79 Å². The van der Waals surface area contributed by atoms with Crippen LogP contribution in [0.15, 0.2) is 29.8 Å². The van der Waals surface area contributed by atoms with E-state index < -0.39 is 0 Å².